The number of fused-ring (bicyclic) bond motifs is 5. The fourth-order valence-corrected chi connectivity index (χ4v) is 7.53. The first-order chi connectivity index (χ1) is 23.3. The Morgan fingerprint density at radius 2 is 0.894 bits per heavy atom. The third-order valence-electron chi connectivity index (χ3n) is 8.48. The Balaban J connectivity index is 1.19. The molecule has 0 N–H and O–H groups in total. The van der Waals surface area contributed by atoms with Crippen molar-refractivity contribution in [3.05, 3.63) is 170 Å². The van der Waals surface area contributed by atoms with Gasteiger partial charge in [-0.15, -0.1) is 11.3 Å². The average molecular weight is 625 g/mol. The molecule has 0 amide bonds. The van der Waals surface area contributed by atoms with Crippen molar-refractivity contribution >= 4 is 65.6 Å². The molecule has 47 heavy (non-hydrogen) atoms. The second-order valence-corrected chi connectivity index (χ2v) is 12.4. The van der Waals surface area contributed by atoms with Crippen molar-refractivity contribution in [3.63, 3.8) is 0 Å². The van der Waals surface area contributed by atoms with Crippen LogP contribution in [-0.4, -0.2) is 0 Å². The predicted molar refractivity (Wildman–Crippen MR) is 195 cm³/mol. The Bertz CT molecular complexity index is 2330. The average Bonchev–Trinajstić information content (AvgIpc) is 3.51. The minimum atomic E-state index is 0.691. The number of nitrogens with zero attached hydrogens (tertiary/aromatic N) is 2. The van der Waals surface area contributed by atoms with E-state index in [-0.39, 0.29) is 0 Å². The van der Waals surface area contributed by atoms with Crippen molar-refractivity contribution in [2.45, 2.75) is 0 Å². The summed E-state index contributed by atoms with van der Waals surface area (Å²) in [5, 5.41) is 2.45. The molecular weight excluding hydrogens is 597 g/mol. The molecule has 4 nitrogen and oxygen atoms in total. The molecule has 0 radical (unpaired) electrons. The van der Waals surface area contributed by atoms with Crippen molar-refractivity contribution < 1.29 is 9.47 Å². The summed E-state index contributed by atoms with van der Waals surface area (Å²) in [6.07, 6.45) is 0. The zero-order valence-electron chi connectivity index (χ0n) is 25.3. The minimum Gasteiger partial charge on any atom is -0.450 e. The SMILES string of the molecule is c1ccc(N(c2ccc3c(c2)Oc2ccccc2O3)c2ccc3sc4c(N(c5ccccc5)c5ccccc5)cccc4c3c2)cc1. The molecule has 7 aromatic carbocycles. The van der Waals surface area contributed by atoms with Gasteiger partial charge in [0.15, 0.2) is 23.0 Å². The van der Waals surface area contributed by atoms with E-state index in [4.69, 9.17) is 9.47 Å². The molecule has 0 bridgehead atoms. The summed E-state index contributed by atoms with van der Waals surface area (Å²) in [6.45, 7) is 0. The molecule has 5 heteroatoms. The van der Waals surface area contributed by atoms with Crippen LogP contribution in [0.1, 0.15) is 0 Å². The molecule has 0 saturated heterocycles. The van der Waals surface area contributed by atoms with Gasteiger partial charge >= 0.3 is 0 Å². The van der Waals surface area contributed by atoms with Gasteiger partial charge in [0.2, 0.25) is 0 Å². The highest BCUT2D eigenvalue weighted by atomic mass is 32.1. The Morgan fingerprint density at radius 1 is 0.362 bits per heavy atom. The smallest absolute Gasteiger partial charge is 0.172 e. The van der Waals surface area contributed by atoms with Crippen LogP contribution in [0.3, 0.4) is 0 Å². The van der Waals surface area contributed by atoms with Crippen LogP contribution in [0.15, 0.2) is 170 Å². The van der Waals surface area contributed by atoms with Crippen LogP contribution >= 0.6 is 11.3 Å². The maximum Gasteiger partial charge on any atom is 0.172 e. The summed E-state index contributed by atoms with van der Waals surface area (Å²) >= 11 is 1.83. The van der Waals surface area contributed by atoms with Crippen molar-refractivity contribution in [2.75, 3.05) is 9.80 Å². The predicted octanol–water partition coefficient (Wildman–Crippen LogP) is 12.9. The molecule has 0 saturated carbocycles. The van der Waals surface area contributed by atoms with Crippen molar-refractivity contribution in [2.24, 2.45) is 0 Å². The number of para-hydroxylation sites is 5. The van der Waals surface area contributed by atoms with Crippen LogP contribution in [0.25, 0.3) is 20.2 Å². The van der Waals surface area contributed by atoms with Crippen LogP contribution in [0.2, 0.25) is 0 Å². The van der Waals surface area contributed by atoms with Gasteiger partial charge in [-0.2, -0.15) is 0 Å². The maximum absolute atomic E-state index is 6.31. The van der Waals surface area contributed by atoms with Crippen molar-refractivity contribution in [1.82, 2.24) is 0 Å². The molecule has 224 valence electrons. The number of thiophene rings is 1. The van der Waals surface area contributed by atoms with Crippen LogP contribution in [0, 0.1) is 0 Å². The highest BCUT2D eigenvalue weighted by molar-refractivity contribution is 7.26. The summed E-state index contributed by atoms with van der Waals surface area (Å²) in [6, 6.07) is 58.9. The molecule has 0 spiro atoms. The van der Waals surface area contributed by atoms with E-state index in [9.17, 15) is 0 Å². The van der Waals surface area contributed by atoms with E-state index >= 15 is 0 Å². The number of anilines is 6. The molecule has 0 unspecified atom stereocenters. The van der Waals surface area contributed by atoms with E-state index in [0.717, 1.165) is 39.9 Å². The highest BCUT2D eigenvalue weighted by Crippen LogP contribution is 2.49. The molecule has 1 aliphatic heterocycles. The Labute approximate surface area is 276 Å². The van der Waals surface area contributed by atoms with Gasteiger partial charge in [-0.05, 0) is 84.9 Å². The first kappa shape index (κ1) is 27.3. The topological polar surface area (TPSA) is 24.9 Å². The third-order valence-corrected chi connectivity index (χ3v) is 9.69. The first-order valence-electron chi connectivity index (χ1n) is 15.6. The van der Waals surface area contributed by atoms with E-state index in [0.29, 0.717) is 17.2 Å². The Kier molecular flexibility index (Phi) is 6.61. The van der Waals surface area contributed by atoms with E-state index in [1.54, 1.807) is 0 Å². The second-order valence-electron chi connectivity index (χ2n) is 11.4. The third kappa shape index (κ3) is 4.85. The van der Waals surface area contributed by atoms with Crippen LogP contribution < -0.4 is 19.3 Å². The summed E-state index contributed by atoms with van der Waals surface area (Å²) in [5.74, 6) is 2.83. The van der Waals surface area contributed by atoms with Gasteiger partial charge in [0.05, 0.1) is 16.1 Å². The summed E-state index contributed by atoms with van der Waals surface area (Å²) < 4.78 is 15.0. The molecule has 8 aromatic rings. The van der Waals surface area contributed by atoms with Gasteiger partial charge in [0.25, 0.3) is 0 Å². The summed E-state index contributed by atoms with van der Waals surface area (Å²) in [7, 11) is 0. The number of rotatable bonds is 6. The lowest BCUT2D eigenvalue weighted by Gasteiger charge is -2.27. The minimum absolute atomic E-state index is 0.691. The molecule has 0 atom stereocenters. The zero-order chi connectivity index (χ0) is 31.2. The van der Waals surface area contributed by atoms with Gasteiger partial charge in [0, 0.05) is 44.3 Å². The number of hydrogen-bond acceptors (Lipinski definition) is 5. The van der Waals surface area contributed by atoms with Crippen LogP contribution in [-0.2, 0) is 0 Å². The van der Waals surface area contributed by atoms with Gasteiger partial charge in [-0.3, -0.25) is 0 Å². The molecular formula is C42H28N2O2S. The Morgan fingerprint density at radius 3 is 1.55 bits per heavy atom. The largest absolute Gasteiger partial charge is 0.450 e. The lowest BCUT2D eigenvalue weighted by atomic mass is 10.1. The van der Waals surface area contributed by atoms with Gasteiger partial charge in [-0.25, -0.2) is 0 Å². The molecule has 9 rings (SSSR count). The van der Waals surface area contributed by atoms with Crippen LogP contribution in [0.4, 0.5) is 34.1 Å². The number of ether oxygens (including phenoxy) is 2. The fourth-order valence-electron chi connectivity index (χ4n) is 6.35. The first-order valence-corrected chi connectivity index (χ1v) is 16.4. The number of benzene rings is 7. The normalized spacial score (nSPS) is 11.7. The molecule has 2 heterocycles. The van der Waals surface area contributed by atoms with E-state index in [1.807, 2.05) is 47.7 Å². The monoisotopic (exact) mass is 624 g/mol. The molecule has 0 aliphatic carbocycles. The standard InChI is InChI=1S/C42H28N2O2S/c1-4-13-29(14-5-1)43(33-23-25-39-40(28-33)46-38-22-11-10-21-37(38)45-39)32-24-26-41-35(27-32)34-19-12-20-36(42(34)47-41)44(30-15-6-2-7-16-30)31-17-8-3-9-18-31/h1-28H. The Hall–Kier alpha value is -6.04. The lowest BCUT2D eigenvalue weighted by Crippen LogP contribution is -2.10. The van der Waals surface area contributed by atoms with Gasteiger partial charge in [-0.1, -0.05) is 78.9 Å². The lowest BCUT2D eigenvalue weighted by molar-refractivity contribution is 0.360. The zero-order valence-corrected chi connectivity index (χ0v) is 26.1. The van der Waals surface area contributed by atoms with E-state index < -0.39 is 0 Å². The van der Waals surface area contributed by atoms with Crippen LogP contribution in [0.5, 0.6) is 23.0 Å². The molecule has 1 aromatic heterocycles. The van der Waals surface area contributed by atoms with Gasteiger partial charge < -0.3 is 19.3 Å². The molecule has 0 fully saturated rings. The van der Waals surface area contributed by atoms with Crippen molar-refractivity contribution in [3.8, 4) is 23.0 Å². The van der Waals surface area contributed by atoms with Crippen molar-refractivity contribution in [1.29, 1.82) is 0 Å². The summed E-state index contributed by atoms with van der Waals surface area (Å²) in [5.41, 5.74) is 6.52. The van der Waals surface area contributed by atoms with E-state index in [2.05, 4.69) is 143 Å². The quantitative estimate of drug-likeness (QED) is 0.184. The second kappa shape index (κ2) is 11.4. The highest BCUT2D eigenvalue weighted by Gasteiger charge is 2.23. The molecule has 1 aliphatic rings. The number of hydrogen-bond donors (Lipinski definition) is 0. The van der Waals surface area contributed by atoms with E-state index in [1.165, 1.54) is 20.2 Å². The fraction of sp³-hybridized carbons (Fsp3) is 0. The van der Waals surface area contributed by atoms with Gasteiger partial charge in [0.1, 0.15) is 0 Å². The summed E-state index contributed by atoms with van der Waals surface area (Å²) in [4.78, 5) is 4.62. The maximum atomic E-state index is 6.31.